The molecule has 0 rings (SSSR count). The van der Waals surface area contributed by atoms with Crippen LogP contribution in [0.3, 0.4) is 0 Å². The van der Waals surface area contributed by atoms with Crippen LogP contribution in [0.4, 0.5) is 0 Å². The third-order valence-corrected chi connectivity index (χ3v) is 5.91. The molecule has 0 saturated heterocycles. The lowest BCUT2D eigenvalue weighted by Gasteiger charge is -2.24. The van der Waals surface area contributed by atoms with Crippen LogP contribution in [0.1, 0.15) is 0 Å². The SMILES string of the molecule is NP(N)(=O)N(CCSCCCl)CCSCCCl. The number of nitrogens with zero attached hydrogens (tertiary/aromatic N) is 1. The molecular weight excluding hydrogens is 320 g/mol. The summed E-state index contributed by atoms with van der Waals surface area (Å²) in [6, 6.07) is 0. The summed E-state index contributed by atoms with van der Waals surface area (Å²) in [6.45, 7) is 1.26. The van der Waals surface area contributed by atoms with Gasteiger partial charge in [0.15, 0.2) is 0 Å². The molecule has 0 aromatic heterocycles. The van der Waals surface area contributed by atoms with Crippen molar-refractivity contribution in [2.75, 3.05) is 47.9 Å². The highest BCUT2D eigenvalue weighted by atomic mass is 35.5. The fraction of sp³-hybridized carbons (Fsp3) is 1.00. The second kappa shape index (κ2) is 11.2. The second-order valence-electron chi connectivity index (χ2n) is 3.23. The number of halogens is 2. The van der Waals surface area contributed by atoms with Crippen molar-refractivity contribution in [3.05, 3.63) is 0 Å². The molecule has 0 aliphatic carbocycles. The van der Waals surface area contributed by atoms with Crippen molar-refractivity contribution in [1.82, 2.24) is 4.67 Å². The van der Waals surface area contributed by atoms with Gasteiger partial charge in [0.05, 0.1) is 0 Å². The first-order valence-electron chi connectivity index (χ1n) is 5.22. The second-order valence-corrected chi connectivity index (χ2v) is 8.34. The van der Waals surface area contributed by atoms with Gasteiger partial charge in [-0.15, -0.1) is 23.2 Å². The lowest BCUT2D eigenvalue weighted by atomic mass is 10.6. The molecule has 0 amide bonds. The molecule has 0 unspecified atom stereocenters. The van der Waals surface area contributed by atoms with Gasteiger partial charge in [0.25, 0.3) is 7.59 Å². The highest BCUT2D eigenvalue weighted by Crippen LogP contribution is 2.31. The fourth-order valence-electron chi connectivity index (χ4n) is 1.08. The number of alkyl halides is 2. The van der Waals surface area contributed by atoms with Crippen molar-refractivity contribution in [3.63, 3.8) is 0 Å². The zero-order valence-corrected chi connectivity index (χ0v) is 13.7. The average Bonchev–Trinajstić information content (AvgIpc) is 2.25. The third kappa shape index (κ3) is 11.0. The fourth-order valence-corrected chi connectivity index (χ4v) is 4.15. The minimum Gasteiger partial charge on any atom is -0.271 e. The third-order valence-electron chi connectivity index (χ3n) is 1.87. The summed E-state index contributed by atoms with van der Waals surface area (Å²) in [5.41, 5.74) is 11.0. The lowest BCUT2D eigenvalue weighted by molar-refractivity contribution is 0.449. The quantitative estimate of drug-likeness (QED) is 0.341. The van der Waals surface area contributed by atoms with Crippen molar-refractivity contribution in [3.8, 4) is 0 Å². The molecule has 0 spiro atoms. The highest BCUT2D eigenvalue weighted by molar-refractivity contribution is 7.99. The molecule has 104 valence electrons. The lowest BCUT2D eigenvalue weighted by Crippen LogP contribution is -2.32. The number of hydrogen-bond donors (Lipinski definition) is 2. The smallest absolute Gasteiger partial charge is 0.271 e. The average molecular weight is 340 g/mol. The van der Waals surface area contributed by atoms with Crippen LogP contribution in [-0.2, 0) is 4.57 Å². The molecular formula is C8H20Cl2N3OPS2. The van der Waals surface area contributed by atoms with E-state index in [1.807, 2.05) is 0 Å². The maximum Gasteiger partial charge on any atom is 0.276 e. The molecule has 0 aliphatic rings. The molecule has 0 aromatic rings. The van der Waals surface area contributed by atoms with Crippen LogP contribution in [0.5, 0.6) is 0 Å². The number of rotatable bonds is 11. The molecule has 0 aromatic carbocycles. The van der Waals surface area contributed by atoms with E-state index in [4.69, 9.17) is 34.2 Å². The van der Waals surface area contributed by atoms with E-state index >= 15 is 0 Å². The Labute approximate surface area is 122 Å². The van der Waals surface area contributed by atoms with Crippen LogP contribution in [-0.4, -0.2) is 52.5 Å². The monoisotopic (exact) mass is 339 g/mol. The van der Waals surface area contributed by atoms with Crippen LogP contribution in [0, 0.1) is 0 Å². The van der Waals surface area contributed by atoms with Crippen LogP contribution in [0.2, 0.25) is 0 Å². The predicted octanol–water partition coefficient (Wildman–Crippen LogP) is 2.26. The zero-order valence-electron chi connectivity index (χ0n) is 9.69. The summed E-state index contributed by atoms with van der Waals surface area (Å²) in [7, 11) is -3.13. The molecule has 4 N–H and O–H groups in total. The van der Waals surface area contributed by atoms with Crippen molar-refractivity contribution in [2.45, 2.75) is 0 Å². The summed E-state index contributed by atoms with van der Waals surface area (Å²) >= 11 is 14.6. The number of thioether (sulfide) groups is 2. The van der Waals surface area contributed by atoms with E-state index in [1.54, 1.807) is 28.2 Å². The first-order valence-corrected chi connectivity index (χ1v) is 10.4. The molecule has 0 saturated carbocycles. The maximum atomic E-state index is 11.7. The zero-order chi connectivity index (χ0) is 13.1. The first-order chi connectivity index (χ1) is 8.02. The summed E-state index contributed by atoms with van der Waals surface area (Å²) in [5, 5.41) is 0. The van der Waals surface area contributed by atoms with Crippen LogP contribution < -0.4 is 11.0 Å². The Morgan fingerprint density at radius 1 is 0.941 bits per heavy atom. The van der Waals surface area contributed by atoms with Gasteiger partial charge >= 0.3 is 0 Å². The standard InChI is InChI=1S/C8H20Cl2N3OPS2/c9-1-5-16-7-3-13(15(11,12)14)4-8-17-6-2-10/h1-8H2,(H4,11,12,14). The maximum absolute atomic E-state index is 11.7. The summed E-state index contributed by atoms with van der Waals surface area (Å²) in [5.74, 6) is 4.69. The van der Waals surface area contributed by atoms with Gasteiger partial charge in [-0.3, -0.25) is 15.6 Å². The van der Waals surface area contributed by atoms with Gasteiger partial charge in [-0.05, 0) is 0 Å². The van der Waals surface area contributed by atoms with Gasteiger partial charge in [-0.1, -0.05) is 0 Å². The Morgan fingerprint density at radius 2 is 1.35 bits per heavy atom. The predicted molar refractivity (Wildman–Crippen MR) is 83.6 cm³/mol. The Morgan fingerprint density at radius 3 is 1.65 bits per heavy atom. The summed E-state index contributed by atoms with van der Waals surface area (Å²) < 4.78 is 13.3. The molecule has 17 heavy (non-hydrogen) atoms. The topological polar surface area (TPSA) is 72.3 Å². The van der Waals surface area contributed by atoms with Crippen molar-refractivity contribution >= 4 is 54.3 Å². The molecule has 0 aliphatic heterocycles. The summed E-state index contributed by atoms with van der Waals surface area (Å²) in [6.07, 6.45) is 0. The number of nitrogens with two attached hydrogens (primary N) is 2. The summed E-state index contributed by atoms with van der Waals surface area (Å²) in [4.78, 5) is 0. The van der Waals surface area contributed by atoms with E-state index < -0.39 is 7.59 Å². The van der Waals surface area contributed by atoms with Crippen LogP contribution in [0.25, 0.3) is 0 Å². The van der Waals surface area contributed by atoms with Crippen molar-refractivity contribution in [1.29, 1.82) is 0 Å². The Kier molecular flexibility index (Phi) is 12.2. The van der Waals surface area contributed by atoms with E-state index in [-0.39, 0.29) is 0 Å². The minimum absolute atomic E-state index is 0.624. The molecule has 4 nitrogen and oxygen atoms in total. The molecule has 9 heteroatoms. The first kappa shape index (κ1) is 18.4. The van der Waals surface area contributed by atoms with Gasteiger partial charge in [0.2, 0.25) is 0 Å². The van der Waals surface area contributed by atoms with Crippen molar-refractivity contribution < 1.29 is 4.57 Å². The molecule has 0 atom stereocenters. The molecule has 0 fully saturated rings. The van der Waals surface area contributed by atoms with E-state index in [0.29, 0.717) is 24.8 Å². The minimum atomic E-state index is -3.13. The van der Waals surface area contributed by atoms with Crippen LogP contribution in [0.15, 0.2) is 0 Å². The van der Waals surface area contributed by atoms with Crippen molar-refractivity contribution in [2.24, 2.45) is 11.0 Å². The number of hydrogen-bond acceptors (Lipinski definition) is 3. The Balaban J connectivity index is 3.86. The van der Waals surface area contributed by atoms with E-state index in [0.717, 1.165) is 23.0 Å². The van der Waals surface area contributed by atoms with Gasteiger partial charge in [-0.2, -0.15) is 23.5 Å². The Bertz CT molecular complexity index is 221. The molecule has 0 radical (unpaired) electrons. The molecule has 0 heterocycles. The highest BCUT2D eigenvalue weighted by Gasteiger charge is 2.19. The van der Waals surface area contributed by atoms with E-state index in [9.17, 15) is 4.57 Å². The van der Waals surface area contributed by atoms with Gasteiger partial charge < -0.3 is 0 Å². The van der Waals surface area contributed by atoms with Gasteiger partial charge in [0, 0.05) is 47.9 Å². The largest absolute Gasteiger partial charge is 0.276 e. The van der Waals surface area contributed by atoms with E-state index in [2.05, 4.69) is 0 Å². The Hall–Kier alpha value is 1.39. The van der Waals surface area contributed by atoms with Gasteiger partial charge in [-0.25, -0.2) is 4.67 Å². The van der Waals surface area contributed by atoms with Gasteiger partial charge in [0.1, 0.15) is 0 Å². The van der Waals surface area contributed by atoms with E-state index in [1.165, 1.54) is 0 Å². The van der Waals surface area contributed by atoms with Crippen LogP contribution >= 0.6 is 54.3 Å². The normalized spacial score (nSPS) is 12.3. The molecule has 0 bridgehead atoms.